The van der Waals surface area contributed by atoms with Crippen LogP contribution >= 0.6 is 0 Å². The maximum atomic E-state index is 12.1. The van der Waals surface area contributed by atoms with E-state index >= 15 is 0 Å². The summed E-state index contributed by atoms with van der Waals surface area (Å²) < 4.78 is 2.04. The molecule has 1 saturated heterocycles. The van der Waals surface area contributed by atoms with Gasteiger partial charge in [-0.2, -0.15) is 5.10 Å². The minimum Gasteiger partial charge on any atom is -0.355 e. The van der Waals surface area contributed by atoms with E-state index in [4.69, 9.17) is 0 Å². The lowest BCUT2D eigenvalue weighted by Gasteiger charge is -2.35. The molecule has 1 aliphatic rings. The van der Waals surface area contributed by atoms with Crippen LogP contribution in [-0.4, -0.2) is 52.8 Å². The lowest BCUT2D eigenvalue weighted by Crippen LogP contribution is -2.57. The number of aromatic nitrogens is 2. The summed E-state index contributed by atoms with van der Waals surface area (Å²) in [5.41, 5.74) is 1.18. The van der Waals surface area contributed by atoms with Crippen LogP contribution in [0.25, 0.3) is 0 Å². The van der Waals surface area contributed by atoms with E-state index in [9.17, 15) is 4.79 Å². The van der Waals surface area contributed by atoms with Gasteiger partial charge in [-0.25, -0.2) is 0 Å². The third kappa shape index (κ3) is 3.58. The number of aryl methyl sites for hydroxylation is 1. The molecule has 0 saturated carbocycles. The SMILES string of the molecule is CCCn1nccc1CN1CCNCC1C(=O)NCC. The molecule has 1 fully saturated rings. The summed E-state index contributed by atoms with van der Waals surface area (Å²) in [6.07, 6.45) is 2.91. The molecule has 1 unspecified atom stereocenters. The van der Waals surface area contributed by atoms with Crippen molar-refractivity contribution in [2.45, 2.75) is 39.4 Å². The van der Waals surface area contributed by atoms with Crippen molar-refractivity contribution in [3.8, 4) is 0 Å². The molecule has 0 bridgehead atoms. The van der Waals surface area contributed by atoms with Gasteiger partial charge in [-0.1, -0.05) is 6.92 Å². The molecule has 20 heavy (non-hydrogen) atoms. The first kappa shape index (κ1) is 15.0. The molecule has 1 aromatic rings. The summed E-state index contributed by atoms with van der Waals surface area (Å²) in [6, 6.07) is 1.96. The van der Waals surface area contributed by atoms with E-state index in [-0.39, 0.29) is 11.9 Å². The molecule has 2 heterocycles. The Bertz CT molecular complexity index is 431. The highest BCUT2D eigenvalue weighted by Gasteiger charge is 2.28. The summed E-state index contributed by atoms with van der Waals surface area (Å²) in [5.74, 6) is 0.112. The van der Waals surface area contributed by atoms with Gasteiger partial charge in [0.2, 0.25) is 5.91 Å². The van der Waals surface area contributed by atoms with Gasteiger partial charge in [-0.05, 0) is 19.4 Å². The number of hydrogen-bond acceptors (Lipinski definition) is 4. The number of hydrogen-bond donors (Lipinski definition) is 2. The Morgan fingerprint density at radius 2 is 2.40 bits per heavy atom. The highest BCUT2D eigenvalue weighted by Crippen LogP contribution is 2.11. The largest absolute Gasteiger partial charge is 0.355 e. The van der Waals surface area contributed by atoms with E-state index in [1.54, 1.807) is 0 Å². The molecule has 1 aliphatic heterocycles. The van der Waals surface area contributed by atoms with Crippen LogP contribution in [0.2, 0.25) is 0 Å². The number of rotatable bonds is 6. The number of likely N-dealkylation sites (N-methyl/N-ethyl adjacent to an activating group) is 1. The molecular weight excluding hydrogens is 254 g/mol. The normalized spacial score (nSPS) is 20.0. The molecule has 0 radical (unpaired) electrons. The quantitative estimate of drug-likeness (QED) is 0.781. The van der Waals surface area contributed by atoms with Crippen LogP contribution in [0.5, 0.6) is 0 Å². The van der Waals surface area contributed by atoms with Gasteiger partial charge in [-0.15, -0.1) is 0 Å². The highest BCUT2D eigenvalue weighted by molar-refractivity contribution is 5.82. The fraction of sp³-hybridized carbons (Fsp3) is 0.714. The molecule has 0 aromatic carbocycles. The van der Waals surface area contributed by atoms with Crippen molar-refractivity contribution in [3.05, 3.63) is 18.0 Å². The Kier molecular flexibility index (Phi) is 5.55. The minimum absolute atomic E-state index is 0.0892. The molecule has 112 valence electrons. The molecule has 6 nitrogen and oxygen atoms in total. The van der Waals surface area contributed by atoms with E-state index in [2.05, 4.69) is 27.6 Å². The van der Waals surface area contributed by atoms with Crippen LogP contribution < -0.4 is 10.6 Å². The first-order valence-electron chi connectivity index (χ1n) is 7.49. The Balaban J connectivity index is 2.04. The lowest BCUT2D eigenvalue weighted by molar-refractivity contribution is -0.127. The second-order valence-electron chi connectivity index (χ2n) is 5.13. The Morgan fingerprint density at radius 1 is 1.55 bits per heavy atom. The number of carbonyl (C=O) groups excluding carboxylic acids is 1. The van der Waals surface area contributed by atoms with Crippen LogP contribution in [0.3, 0.4) is 0 Å². The molecule has 0 aliphatic carbocycles. The van der Waals surface area contributed by atoms with E-state index in [1.165, 1.54) is 5.69 Å². The average molecular weight is 279 g/mol. The predicted molar refractivity (Wildman–Crippen MR) is 78.3 cm³/mol. The zero-order chi connectivity index (χ0) is 14.4. The lowest BCUT2D eigenvalue weighted by atomic mass is 10.1. The van der Waals surface area contributed by atoms with E-state index in [0.717, 1.165) is 32.6 Å². The van der Waals surface area contributed by atoms with Crippen molar-refractivity contribution in [1.29, 1.82) is 0 Å². The van der Waals surface area contributed by atoms with Crippen molar-refractivity contribution < 1.29 is 4.79 Å². The van der Waals surface area contributed by atoms with Gasteiger partial charge in [0.1, 0.15) is 6.04 Å². The summed E-state index contributed by atoms with van der Waals surface area (Å²) in [5, 5.41) is 10.6. The topological polar surface area (TPSA) is 62.2 Å². The minimum atomic E-state index is -0.0892. The van der Waals surface area contributed by atoms with E-state index in [1.807, 2.05) is 23.9 Å². The highest BCUT2D eigenvalue weighted by atomic mass is 16.2. The monoisotopic (exact) mass is 279 g/mol. The Labute approximate surface area is 120 Å². The van der Waals surface area contributed by atoms with Crippen LogP contribution in [0.15, 0.2) is 12.3 Å². The standard InChI is InChI=1S/C14H25N5O/c1-3-8-19-12(5-6-17-19)11-18-9-7-15-10-13(18)14(20)16-4-2/h5-6,13,15H,3-4,7-11H2,1-2H3,(H,16,20). The van der Waals surface area contributed by atoms with Crippen LogP contribution in [0, 0.1) is 0 Å². The summed E-state index contributed by atoms with van der Waals surface area (Å²) in [4.78, 5) is 14.4. The molecule has 1 amide bonds. The zero-order valence-corrected chi connectivity index (χ0v) is 12.4. The number of nitrogens with zero attached hydrogens (tertiary/aromatic N) is 3. The number of nitrogens with one attached hydrogen (secondary N) is 2. The van der Waals surface area contributed by atoms with E-state index in [0.29, 0.717) is 13.1 Å². The first-order chi connectivity index (χ1) is 9.76. The molecule has 2 rings (SSSR count). The third-order valence-corrected chi connectivity index (χ3v) is 3.61. The molecule has 6 heteroatoms. The predicted octanol–water partition coefficient (Wildman–Crippen LogP) is 0.203. The molecule has 2 N–H and O–H groups in total. The Morgan fingerprint density at radius 3 is 3.15 bits per heavy atom. The van der Waals surface area contributed by atoms with Crippen LogP contribution in [0.4, 0.5) is 0 Å². The Hall–Kier alpha value is -1.40. The first-order valence-corrected chi connectivity index (χ1v) is 7.49. The summed E-state index contributed by atoms with van der Waals surface area (Å²) >= 11 is 0. The molecular formula is C14H25N5O. The van der Waals surface area contributed by atoms with Gasteiger partial charge in [0.15, 0.2) is 0 Å². The maximum absolute atomic E-state index is 12.1. The van der Waals surface area contributed by atoms with Crippen LogP contribution in [-0.2, 0) is 17.9 Å². The van der Waals surface area contributed by atoms with E-state index < -0.39 is 0 Å². The van der Waals surface area contributed by atoms with Gasteiger partial charge in [0.05, 0.1) is 5.69 Å². The second kappa shape index (κ2) is 7.40. The molecule has 0 spiro atoms. The molecule has 1 atom stereocenters. The van der Waals surface area contributed by atoms with Crippen molar-refractivity contribution >= 4 is 5.91 Å². The van der Waals surface area contributed by atoms with Gasteiger partial charge in [0, 0.05) is 45.5 Å². The third-order valence-electron chi connectivity index (χ3n) is 3.61. The van der Waals surface area contributed by atoms with Gasteiger partial charge < -0.3 is 10.6 Å². The smallest absolute Gasteiger partial charge is 0.238 e. The number of amides is 1. The van der Waals surface area contributed by atoms with Gasteiger partial charge >= 0.3 is 0 Å². The molecule has 1 aromatic heterocycles. The van der Waals surface area contributed by atoms with Crippen molar-refractivity contribution in [2.75, 3.05) is 26.2 Å². The van der Waals surface area contributed by atoms with Gasteiger partial charge in [0.25, 0.3) is 0 Å². The van der Waals surface area contributed by atoms with Gasteiger partial charge in [-0.3, -0.25) is 14.4 Å². The fourth-order valence-corrected chi connectivity index (χ4v) is 2.60. The summed E-state index contributed by atoms with van der Waals surface area (Å²) in [7, 11) is 0. The van der Waals surface area contributed by atoms with Crippen molar-refractivity contribution in [2.24, 2.45) is 0 Å². The van der Waals surface area contributed by atoms with Crippen molar-refractivity contribution in [1.82, 2.24) is 25.3 Å². The zero-order valence-electron chi connectivity index (χ0n) is 12.4. The maximum Gasteiger partial charge on any atom is 0.238 e. The fourth-order valence-electron chi connectivity index (χ4n) is 2.60. The second-order valence-corrected chi connectivity index (χ2v) is 5.13. The number of piperazine rings is 1. The van der Waals surface area contributed by atoms with Crippen LogP contribution in [0.1, 0.15) is 26.0 Å². The van der Waals surface area contributed by atoms with Crippen molar-refractivity contribution in [3.63, 3.8) is 0 Å². The summed E-state index contributed by atoms with van der Waals surface area (Å²) in [6.45, 7) is 9.02. The number of carbonyl (C=O) groups is 1. The average Bonchev–Trinajstić information content (AvgIpc) is 2.87.